The molecule has 1 unspecified atom stereocenters. The maximum atomic E-state index is 13.0. The van der Waals surface area contributed by atoms with E-state index in [-0.39, 0.29) is 14.5 Å². The third kappa shape index (κ3) is 4.75. The average molecular weight is 516 g/mol. The van der Waals surface area contributed by atoms with Gasteiger partial charge < -0.3 is 10.6 Å². The number of carbonyl (C=O) groups excluding carboxylic acids is 1. The van der Waals surface area contributed by atoms with Crippen LogP contribution in [0.3, 0.4) is 0 Å². The van der Waals surface area contributed by atoms with Crippen LogP contribution in [0.25, 0.3) is 16.5 Å². The van der Waals surface area contributed by atoms with Crippen LogP contribution < -0.4 is 20.9 Å². The molecule has 12 heteroatoms. The fourth-order valence-corrected chi connectivity index (χ4v) is 6.26. The molecule has 2 heterocycles. The molecule has 2 amide bonds. The number of pyridine rings is 1. The number of aromatic nitrogens is 1. The van der Waals surface area contributed by atoms with E-state index in [0.29, 0.717) is 34.1 Å². The number of allylic oxidation sites excluding steroid dienone is 1. The summed E-state index contributed by atoms with van der Waals surface area (Å²) in [5.41, 5.74) is 1.59. The summed E-state index contributed by atoms with van der Waals surface area (Å²) in [4.78, 5) is 25.2. The van der Waals surface area contributed by atoms with Crippen molar-refractivity contribution in [3.8, 4) is 11.8 Å². The summed E-state index contributed by atoms with van der Waals surface area (Å²) in [6, 6.07) is 12.5. The number of hydrogen-bond donors (Lipinski definition) is 3. The van der Waals surface area contributed by atoms with Gasteiger partial charge in [-0.15, -0.1) is 11.6 Å². The van der Waals surface area contributed by atoms with Gasteiger partial charge >= 0.3 is 6.03 Å². The van der Waals surface area contributed by atoms with Crippen molar-refractivity contribution in [2.75, 3.05) is 17.7 Å². The Morgan fingerprint density at radius 1 is 1.18 bits per heavy atom. The van der Waals surface area contributed by atoms with E-state index in [1.54, 1.807) is 37.4 Å². The number of urea groups is 1. The maximum absolute atomic E-state index is 13.0. The first kappa shape index (κ1) is 23.7. The fraction of sp³-hybridized carbons (Fsp3) is 0.136. The molecule has 0 bridgehead atoms. The van der Waals surface area contributed by atoms with Gasteiger partial charge in [-0.3, -0.25) is 9.36 Å². The van der Waals surface area contributed by atoms with Crippen LogP contribution in [0.5, 0.6) is 0 Å². The smallest absolute Gasteiger partial charge is 0.333 e. The molecule has 1 atom stereocenters. The van der Waals surface area contributed by atoms with E-state index in [0.717, 1.165) is 17.4 Å². The third-order valence-electron chi connectivity index (χ3n) is 5.04. The van der Waals surface area contributed by atoms with Crippen LogP contribution >= 0.6 is 23.4 Å². The Balaban J connectivity index is 1.56. The largest absolute Gasteiger partial charge is 0.388 e. The number of benzene rings is 2. The summed E-state index contributed by atoms with van der Waals surface area (Å²) in [5, 5.41) is 16.0. The maximum Gasteiger partial charge on any atom is 0.333 e. The zero-order valence-corrected chi connectivity index (χ0v) is 20.1. The zero-order valence-electron chi connectivity index (χ0n) is 17.7. The molecule has 9 nitrogen and oxygen atoms in total. The Kier molecular flexibility index (Phi) is 6.56. The predicted octanol–water partition coefficient (Wildman–Crippen LogP) is 3.90. The van der Waals surface area contributed by atoms with Gasteiger partial charge in [-0.1, -0.05) is 17.8 Å². The molecule has 4 rings (SSSR count). The quantitative estimate of drug-likeness (QED) is 0.439. The van der Waals surface area contributed by atoms with E-state index in [1.807, 2.05) is 4.72 Å². The summed E-state index contributed by atoms with van der Waals surface area (Å²) in [6.45, 7) is 0. The summed E-state index contributed by atoms with van der Waals surface area (Å²) >= 11 is 6.86. The number of nitriles is 1. The van der Waals surface area contributed by atoms with Gasteiger partial charge in [-0.05, 0) is 48.9 Å². The van der Waals surface area contributed by atoms with Crippen molar-refractivity contribution in [3.63, 3.8) is 0 Å². The van der Waals surface area contributed by atoms with Crippen LogP contribution in [0.1, 0.15) is 12.0 Å². The first-order valence-electron chi connectivity index (χ1n) is 9.94. The van der Waals surface area contributed by atoms with E-state index >= 15 is 0 Å². The van der Waals surface area contributed by atoms with Crippen molar-refractivity contribution in [2.45, 2.75) is 11.1 Å². The minimum absolute atomic E-state index is 0.00353. The van der Waals surface area contributed by atoms with Gasteiger partial charge in [0.15, 0.2) is 0 Å². The molecule has 0 fully saturated rings. The highest BCUT2D eigenvalue weighted by Crippen LogP contribution is 2.37. The molecule has 0 aliphatic carbocycles. The summed E-state index contributed by atoms with van der Waals surface area (Å²) in [6.07, 6.45) is 3.32. The second-order valence-corrected chi connectivity index (χ2v) is 11.2. The highest BCUT2D eigenvalue weighted by Gasteiger charge is 2.27. The van der Waals surface area contributed by atoms with E-state index in [9.17, 15) is 23.3 Å². The Hall–Kier alpha value is -3.46. The van der Waals surface area contributed by atoms with Crippen LogP contribution in [-0.4, -0.2) is 30.8 Å². The van der Waals surface area contributed by atoms with Crippen molar-refractivity contribution >= 4 is 61.6 Å². The number of sulfonamides is 1. The predicted molar refractivity (Wildman–Crippen MR) is 135 cm³/mol. The van der Waals surface area contributed by atoms with E-state index in [2.05, 4.69) is 16.7 Å². The van der Waals surface area contributed by atoms with Crippen LogP contribution in [0.2, 0.25) is 0 Å². The van der Waals surface area contributed by atoms with E-state index < -0.39 is 16.1 Å². The number of nitrogens with zero attached hydrogens (tertiary/aromatic N) is 2. The van der Waals surface area contributed by atoms with Gasteiger partial charge in [0.2, 0.25) is 0 Å². The number of halogens is 1. The lowest BCUT2D eigenvalue weighted by atomic mass is 10.1. The second kappa shape index (κ2) is 9.42. The van der Waals surface area contributed by atoms with Crippen LogP contribution in [0.15, 0.2) is 63.8 Å². The first-order chi connectivity index (χ1) is 16.2. The Bertz CT molecular complexity index is 1530. The molecule has 0 saturated heterocycles. The minimum Gasteiger partial charge on any atom is -0.388 e. The molecule has 174 valence electrons. The van der Waals surface area contributed by atoms with E-state index in [1.165, 1.54) is 29.0 Å². The minimum atomic E-state index is -4.01. The topological polar surface area (TPSA) is 133 Å². The van der Waals surface area contributed by atoms with Gasteiger partial charge in [0.05, 0.1) is 10.3 Å². The van der Waals surface area contributed by atoms with Gasteiger partial charge in [-0.2, -0.15) is 5.26 Å². The third-order valence-corrected chi connectivity index (χ3v) is 8.43. The molecule has 3 aromatic rings. The molecule has 1 aliphatic rings. The molecule has 3 N–H and O–H groups in total. The second-order valence-electron chi connectivity index (χ2n) is 7.23. The monoisotopic (exact) mass is 515 g/mol. The number of alkyl halides is 1. The van der Waals surface area contributed by atoms with Crippen molar-refractivity contribution < 1.29 is 13.2 Å². The number of hydrogen-bond acceptors (Lipinski definition) is 7. The molecule has 0 spiro atoms. The zero-order chi connectivity index (χ0) is 24.5. The van der Waals surface area contributed by atoms with Gasteiger partial charge in [-0.25, -0.2) is 17.9 Å². The van der Waals surface area contributed by atoms with Gasteiger partial charge in [0.25, 0.3) is 15.6 Å². The Labute approximate surface area is 204 Å². The number of rotatable bonds is 5. The van der Waals surface area contributed by atoms with Gasteiger partial charge in [0.1, 0.15) is 10.3 Å². The fourth-order valence-electron chi connectivity index (χ4n) is 3.40. The molecular weight excluding hydrogens is 498 g/mol. The highest BCUT2D eigenvalue weighted by atomic mass is 35.5. The molecule has 2 aromatic carbocycles. The van der Waals surface area contributed by atoms with Gasteiger partial charge in [0, 0.05) is 41.1 Å². The van der Waals surface area contributed by atoms with Crippen molar-refractivity contribution in [3.05, 3.63) is 74.9 Å². The molecule has 0 radical (unpaired) electrons. The molecular formula is C22H18ClN5O4S2. The number of carbonyl (C=O) groups is 1. The highest BCUT2D eigenvalue weighted by molar-refractivity contribution is 8.19. The molecule has 0 saturated carbocycles. The number of fused-ring (bicyclic) bond motifs is 1. The average Bonchev–Trinajstić information content (AvgIpc) is 3.27. The van der Waals surface area contributed by atoms with E-state index in [4.69, 9.17) is 11.6 Å². The molecule has 34 heavy (non-hydrogen) atoms. The lowest BCUT2D eigenvalue weighted by molar-refractivity contribution is 0.256. The lowest BCUT2D eigenvalue weighted by Gasteiger charge is -2.12. The first-order valence-corrected chi connectivity index (χ1v) is 12.7. The van der Waals surface area contributed by atoms with Crippen LogP contribution in [0, 0.1) is 11.3 Å². The standard InChI is InChI=1S/C22H18ClN5O4S2/c1-25-15-4-7-17-18(10-15)13(11-24)12-28(21(17)29)16-5-2-14(3-6-16)26-22(30)27-34(31,32)20-9-8-19(23)33-20/h2-7,9-10,12,19,25H,8H2,1H3,(H2,26,27,30). The van der Waals surface area contributed by atoms with Crippen molar-refractivity contribution in [1.82, 2.24) is 9.29 Å². The van der Waals surface area contributed by atoms with Crippen molar-refractivity contribution in [2.24, 2.45) is 0 Å². The lowest BCUT2D eigenvalue weighted by Crippen LogP contribution is -2.34. The summed E-state index contributed by atoms with van der Waals surface area (Å²) < 4.78 is 27.5. The Morgan fingerprint density at radius 2 is 1.88 bits per heavy atom. The SMILES string of the molecule is CNc1ccc2c(=O)n(-c3ccc(NC(=O)NS(=O)(=O)C4=CCC(Cl)S4)cc3)cc(C#N)c2c1. The summed E-state index contributed by atoms with van der Waals surface area (Å²) in [7, 11) is -2.26. The molecule has 1 aromatic heterocycles. The normalized spacial score (nSPS) is 15.4. The summed E-state index contributed by atoms with van der Waals surface area (Å²) in [5.74, 6) is 0. The Morgan fingerprint density at radius 3 is 2.50 bits per heavy atom. The molecule has 1 aliphatic heterocycles. The number of nitrogens with one attached hydrogen (secondary N) is 3. The number of thioether (sulfide) groups is 1. The number of anilines is 2. The van der Waals surface area contributed by atoms with Crippen molar-refractivity contribution in [1.29, 1.82) is 5.26 Å². The van der Waals surface area contributed by atoms with Crippen LogP contribution in [0.4, 0.5) is 16.2 Å². The number of amides is 2. The van der Waals surface area contributed by atoms with Crippen LogP contribution in [-0.2, 0) is 10.0 Å².